The minimum atomic E-state index is -2.35. The number of hydrogen-bond acceptors (Lipinski definition) is 4. The lowest BCUT2D eigenvalue weighted by molar-refractivity contribution is -0.130. The topological polar surface area (TPSA) is 90.9 Å². The molecule has 0 bridgehead atoms. The molecule has 1 aliphatic rings. The molecule has 0 unspecified atom stereocenters. The second kappa shape index (κ2) is 11.0. The highest BCUT2D eigenvalue weighted by molar-refractivity contribution is 6.20. The number of anilines is 1. The van der Waals surface area contributed by atoms with E-state index in [4.69, 9.17) is 0 Å². The number of halogens is 5. The summed E-state index contributed by atoms with van der Waals surface area (Å²) in [5.41, 5.74) is 0.951. The zero-order chi connectivity index (χ0) is 28.4. The van der Waals surface area contributed by atoms with E-state index in [2.05, 4.69) is 15.6 Å². The predicted octanol–water partition coefficient (Wildman–Crippen LogP) is 3.39. The molecule has 0 saturated carbocycles. The molecule has 1 aliphatic heterocycles. The number of aliphatic imine (C=N–C) groups is 1. The number of fused-ring (bicyclic) bond motifs is 1. The van der Waals surface area contributed by atoms with Crippen LogP contribution in [0.4, 0.5) is 27.6 Å². The van der Waals surface area contributed by atoms with Gasteiger partial charge in [0.05, 0.1) is 17.8 Å². The molecular weight excluding hydrogens is 523 g/mol. The molecule has 12 heteroatoms. The summed E-state index contributed by atoms with van der Waals surface area (Å²) < 4.78 is 68.0. The predicted molar refractivity (Wildman–Crippen MR) is 131 cm³/mol. The number of nitrogens with one attached hydrogen (secondary N) is 2. The second-order valence-corrected chi connectivity index (χ2v) is 8.68. The van der Waals surface area contributed by atoms with E-state index < -0.39 is 71.0 Å². The highest BCUT2D eigenvalue weighted by atomic mass is 19.2. The van der Waals surface area contributed by atoms with E-state index in [0.717, 1.165) is 0 Å². The van der Waals surface area contributed by atoms with Crippen LogP contribution >= 0.6 is 0 Å². The van der Waals surface area contributed by atoms with Gasteiger partial charge in [-0.25, -0.2) is 26.9 Å². The van der Waals surface area contributed by atoms with Crippen LogP contribution in [0, 0.1) is 29.1 Å². The van der Waals surface area contributed by atoms with Crippen LogP contribution in [-0.4, -0.2) is 42.7 Å². The Morgan fingerprint density at radius 2 is 1.46 bits per heavy atom. The molecule has 0 fully saturated rings. The molecule has 0 radical (unpaired) electrons. The lowest BCUT2D eigenvalue weighted by Crippen LogP contribution is -2.52. The Labute approximate surface area is 219 Å². The fourth-order valence-electron chi connectivity index (χ4n) is 4.03. The molecule has 202 valence electrons. The molecule has 0 aliphatic carbocycles. The van der Waals surface area contributed by atoms with Crippen LogP contribution in [0.25, 0.3) is 0 Å². The molecule has 0 spiro atoms. The van der Waals surface area contributed by atoms with Gasteiger partial charge < -0.3 is 15.5 Å². The van der Waals surface area contributed by atoms with Crippen molar-refractivity contribution in [2.75, 3.05) is 11.9 Å². The molecular formula is C27H21F5N4O3. The number of rotatable bonds is 6. The van der Waals surface area contributed by atoms with Crippen molar-refractivity contribution in [3.63, 3.8) is 0 Å². The third-order valence-electron chi connectivity index (χ3n) is 6.08. The molecule has 3 amide bonds. The van der Waals surface area contributed by atoms with Crippen molar-refractivity contribution < 1.29 is 36.3 Å². The normalized spacial score (nSPS) is 15.7. The van der Waals surface area contributed by atoms with Gasteiger partial charge in [-0.05, 0) is 13.0 Å². The smallest absolute Gasteiger partial charge is 0.272 e. The van der Waals surface area contributed by atoms with E-state index in [1.54, 1.807) is 54.6 Å². The van der Waals surface area contributed by atoms with E-state index in [1.165, 1.54) is 18.9 Å². The van der Waals surface area contributed by atoms with Crippen LogP contribution in [0.15, 0.2) is 59.6 Å². The summed E-state index contributed by atoms with van der Waals surface area (Å²) in [4.78, 5) is 44.2. The van der Waals surface area contributed by atoms with Crippen LogP contribution < -0.4 is 15.5 Å². The number of benzene rings is 3. The van der Waals surface area contributed by atoms with E-state index in [-0.39, 0.29) is 0 Å². The summed E-state index contributed by atoms with van der Waals surface area (Å²) in [5.74, 6) is -13.7. The van der Waals surface area contributed by atoms with Crippen molar-refractivity contribution in [3.05, 3.63) is 100 Å². The average molecular weight is 544 g/mol. The number of nitrogens with zero attached hydrogens (tertiary/aromatic N) is 2. The van der Waals surface area contributed by atoms with Crippen molar-refractivity contribution in [1.82, 2.24) is 10.6 Å². The molecule has 0 saturated heterocycles. The van der Waals surface area contributed by atoms with Gasteiger partial charge in [0, 0.05) is 23.7 Å². The van der Waals surface area contributed by atoms with Crippen molar-refractivity contribution in [2.24, 2.45) is 4.99 Å². The highest BCUT2D eigenvalue weighted by Gasteiger charge is 2.32. The van der Waals surface area contributed by atoms with Crippen molar-refractivity contribution >= 4 is 29.1 Å². The van der Waals surface area contributed by atoms with Crippen molar-refractivity contribution in [2.45, 2.75) is 25.6 Å². The Morgan fingerprint density at radius 3 is 2.10 bits per heavy atom. The molecule has 39 heavy (non-hydrogen) atoms. The van der Waals surface area contributed by atoms with Crippen LogP contribution in [0.2, 0.25) is 0 Å². The molecule has 7 nitrogen and oxygen atoms in total. The van der Waals surface area contributed by atoms with Crippen molar-refractivity contribution in [3.8, 4) is 0 Å². The number of amides is 3. The van der Waals surface area contributed by atoms with E-state index in [1.807, 2.05) is 0 Å². The molecule has 0 aromatic heterocycles. The second-order valence-electron chi connectivity index (χ2n) is 8.68. The number of benzodiazepines with no additional fused rings is 1. The number of carbonyl (C=O) groups is 3. The molecule has 2 atom stereocenters. The van der Waals surface area contributed by atoms with Crippen LogP contribution in [0.5, 0.6) is 0 Å². The maximum atomic E-state index is 13.9. The first kappa shape index (κ1) is 27.4. The Bertz CT molecular complexity index is 1470. The van der Waals surface area contributed by atoms with Gasteiger partial charge in [-0.15, -0.1) is 0 Å². The number of para-hydroxylation sites is 1. The van der Waals surface area contributed by atoms with Crippen LogP contribution in [0.3, 0.4) is 0 Å². The van der Waals surface area contributed by atoms with Gasteiger partial charge >= 0.3 is 0 Å². The van der Waals surface area contributed by atoms with E-state index in [9.17, 15) is 36.3 Å². The Kier molecular flexibility index (Phi) is 7.75. The van der Waals surface area contributed by atoms with Gasteiger partial charge in [-0.1, -0.05) is 48.5 Å². The first-order chi connectivity index (χ1) is 18.5. The summed E-state index contributed by atoms with van der Waals surface area (Å²) in [5, 5.41) is 4.57. The fourth-order valence-corrected chi connectivity index (χ4v) is 4.03. The van der Waals surface area contributed by atoms with Crippen LogP contribution in [0.1, 0.15) is 23.6 Å². The summed E-state index contributed by atoms with van der Waals surface area (Å²) in [6.07, 6.45) is -2.63. The first-order valence-corrected chi connectivity index (χ1v) is 11.6. The van der Waals surface area contributed by atoms with Gasteiger partial charge in [0.15, 0.2) is 23.3 Å². The fraction of sp³-hybridized carbons (Fsp3) is 0.185. The molecule has 3 aromatic rings. The minimum absolute atomic E-state index is 0.428. The SMILES string of the molecule is C[C@H](NC(=O)Cc1c(F)c(F)c(F)c(F)c1F)C(=O)N[C@H]1N=C(c2ccccc2)c2ccccc2N(C)C1=O. The number of hydrogen-bond donors (Lipinski definition) is 2. The van der Waals surface area contributed by atoms with Gasteiger partial charge in [-0.3, -0.25) is 14.4 Å². The monoisotopic (exact) mass is 544 g/mol. The number of carbonyl (C=O) groups excluding carboxylic acids is 3. The van der Waals surface area contributed by atoms with Gasteiger partial charge in [-0.2, -0.15) is 0 Å². The largest absolute Gasteiger partial charge is 0.344 e. The zero-order valence-corrected chi connectivity index (χ0v) is 20.6. The average Bonchev–Trinajstić information content (AvgIpc) is 3.04. The Hall–Kier alpha value is -4.61. The standard InChI is InChI=1S/C27H21F5N4O3/c1-13(33-18(37)12-16-19(28)21(30)23(32)22(31)20(16)29)26(38)35-25-27(39)36(2)17-11-7-6-10-15(17)24(34-25)14-8-4-3-5-9-14/h3-11,13,25H,12H2,1-2H3,(H,33,37)(H,35,38)/t13-,25+/m0/s1. The summed E-state index contributed by atoms with van der Waals surface area (Å²) in [6, 6.07) is 14.6. The highest BCUT2D eigenvalue weighted by Crippen LogP contribution is 2.27. The van der Waals surface area contributed by atoms with Gasteiger partial charge in [0.25, 0.3) is 5.91 Å². The summed E-state index contributed by atoms with van der Waals surface area (Å²) in [7, 11) is 1.51. The minimum Gasteiger partial charge on any atom is -0.344 e. The van der Waals surface area contributed by atoms with E-state index >= 15 is 0 Å². The molecule has 2 N–H and O–H groups in total. The Balaban J connectivity index is 1.55. The molecule has 1 heterocycles. The summed E-state index contributed by atoms with van der Waals surface area (Å²) in [6.45, 7) is 1.22. The maximum absolute atomic E-state index is 13.9. The molecule has 4 rings (SSSR count). The molecule has 3 aromatic carbocycles. The third kappa shape index (κ3) is 5.35. The van der Waals surface area contributed by atoms with Crippen LogP contribution in [-0.2, 0) is 20.8 Å². The quantitative estimate of drug-likeness (QED) is 0.283. The zero-order valence-electron chi connectivity index (χ0n) is 20.6. The maximum Gasteiger partial charge on any atom is 0.272 e. The van der Waals surface area contributed by atoms with Gasteiger partial charge in [0.1, 0.15) is 6.04 Å². The lowest BCUT2D eigenvalue weighted by atomic mass is 10.0. The van der Waals surface area contributed by atoms with E-state index in [0.29, 0.717) is 22.5 Å². The first-order valence-electron chi connectivity index (χ1n) is 11.6. The van der Waals surface area contributed by atoms with Gasteiger partial charge in [0.2, 0.25) is 23.8 Å². The third-order valence-corrected chi connectivity index (χ3v) is 6.08. The number of likely N-dealkylation sites (N-methyl/N-ethyl adjacent to an activating group) is 1. The lowest BCUT2D eigenvalue weighted by Gasteiger charge is -2.22. The Morgan fingerprint density at radius 1 is 0.897 bits per heavy atom. The van der Waals surface area contributed by atoms with Crippen molar-refractivity contribution in [1.29, 1.82) is 0 Å². The summed E-state index contributed by atoms with van der Waals surface area (Å²) >= 11 is 0.